The first-order chi connectivity index (χ1) is 20.3. The average molecular weight is 627 g/mol. The predicted molar refractivity (Wildman–Crippen MR) is 149 cm³/mol. The van der Waals surface area contributed by atoms with Crippen molar-refractivity contribution in [2.24, 2.45) is 23.7 Å². The van der Waals surface area contributed by atoms with E-state index in [2.05, 4.69) is 17.6 Å². The Hall–Kier alpha value is -3.35. The summed E-state index contributed by atoms with van der Waals surface area (Å²) < 4.78 is 89.0. The van der Waals surface area contributed by atoms with Crippen LogP contribution in [0.4, 0.5) is 23.2 Å². The Morgan fingerprint density at radius 2 is 1.65 bits per heavy atom. The van der Waals surface area contributed by atoms with Crippen molar-refractivity contribution < 1.29 is 45.0 Å². The number of benzene rings is 2. The highest BCUT2D eigenvalue weighted by molar-refractivity contribution is 7.92. The van der Waals surface area contributed by atoms with Crippen molar-refractivity contribution in [3.05, 3.63) is 47.8 Å². The molecule has 43 heavy (non-hydrogen) atoms. The fourth-order valence-corrected chi connectivity index (χ4v) is 7.51. The largest absolute Gasteiger partial charge is 0.501 e. The summed E-state index contributed by atoms with van der Waals surface area (Å²) >= 11 is 0. The third-order valence-electron chi connectivity index (χ3n) is 8.99. The summed E-state index contributed by atoms with van der Waals surface area (Å²) in [6.45, 7) is 2.16. The van der Waals surface area contributed by atoms with Crippen LogP contribution < -0.4 is 20.1 Å². The van der Waals surface area contributed by atoms with E-state index < -0.39 is 49.8 Å². The van der Waals surface area contributed by atoms with Gasteiger partial charge in [-0.3, -0.25) is 9.59 Å². The average Bonchev–Trinajstić information content (AvgIpc) is 3.56. The van der Waals surface area contributed by atoms with Gasteiger partial charge in [-0.25, -0.2) is 12.8 Å². The quantitative estimate of drug-likeness (QED) is 0.355. The minimum atomic E-state index is -5.60. The number of hydrogen-bond donors (Lipinski definition) is 2. The molecule has 0 radical (unpaired) electrons. The Morgan fingerprint density at radius 3 is 2.33 bits per heavy atom. The minimum absolute atomic E-state index is 0.00598. The molecule has 2 N–H and O–H groups in total. The summed E-state index contributed by atoms with van der Waals surface area (Å²) in [5.74, 6) is -2.06. The Labute approximate surface area is 247 Å². The van der Waals surface area contributed by atoms with Crippen LogP contribution in [-0.4, -0.2) is 45.0 Å². The predicted octanol–water partition coefficient (Wildman–Crippen LogP) is 5.87. The highest BCUT2D eigenvalue weighted by Gasteiger charge is 2.52. The van der Waals surface area contributed by atoms with Gasteiger partial charge in [0.05, 0.1) is 29.6 Å². The molecule has 0 saturated heterocycles. The fourth-order valence-electron chi connectivity index (χ4n) is 6.70. The number of hydrogen-bond acceptors (Lipinski definition) is 6. The lowest BCUT2D eigenvalue weighted by molar-refractivity contribution is -0.122. The number of halogens is 4. The first kappa shape index (κ1) is 31.1. The zero-order chi connectivity index (χ0) is 31.1. The molecule has 2 amide bonds. The van der Waals surface area contributed by atoms with E-state index in [-0.39, 0.29) is 40.7 Å². The van der Waals surface area contributed by atoms with E-state index in [1.807, 2.05) is 0 Å². The number of amides is 2. The van der Waals surface area contributed by atoms with Crippen molar-refractivity contribution in [3.63, 3.8) is 0 Å². The normalized spacial score (nSPS) is 27.0. The molecule has 0 aliphatic heterocycles. The summed E-state index contributed by atoms with van der Waals surface area (Å²) in [6.07, 6.45) is 5.49. The van der Waals surface area contributed by atoms with E-state index in [0.717, 1.165) is 62.8 Å². The fraction of sp³-hybridized carbons (Fsp3) is 0.533. The topological polar surface area (TPSA) is 111 Å². The molecule has 8 nitrogen and oxygen atoms in total. The zero-order valence-corrected chi connectivity index (χ0v) is 24.6. The molecule has 0 spiro atoms. The van der Waals surface area contributed by atoms with Gasteiger partial charge in [0.1, 0.15) is 5.75 Å². The van der Waals surface area contributed by atoms with E-state index >= 15 is 0 Å². The SMILES string of the molecule is COc1cc(F)c(O[C@H]2CC[C@@H](C)CC2)cc1C(=O)NC1[C@H]2CC[C@H](C2)[C@@H]1C(=O)Nc1cccc(S(=O)(=O)C(F)(F)F)c1. The van der Waals surface area contributed by atoms with Crippen molar-refractivity contribution in [3.8, 4) is 11.5 Å². The second kappa shape index (κ2) is 12.0. The third-order valence-corrected chi connectivity index (χ3v) is 10.5. The molecule has 2 bridgehead atoms. The second-order valence-corrected chi connectivity index (χ2v) is 13.7. The first-order valence-electron chi connectivity index (χ1n) is 14.4. The molecule has 3 saturated carbocycles. The number of carbonyl (C=O) groups is 2. The second-order valence-electron chi connectivity index (χ2n) is 11.8. The van der Waals surface area contributed by atoms with Crippen molar-refractivity contribution in [2.45, 2.75) is 74.4 Å². The first-order valence-corrected chi connectivity index (χ1v) is 15.8. The number of carbonyl (C=O) groups excluding carboxylic acids is 2. The summed E-state index contributed by atoms with van der Waals surface area (Å²) in [7, 11) is -4.29. The zero-order valence-electron chi connectivity index (χ0n) is 23.7. The van der Waals surface area contributed by atoms with Gasteiger partial charge in [-0.2, -0.15) is 13.2 Å². The number of fused-ring (bicyclic) bond motifs is 2. The molecule has 13 heteroatoms. The number of alkyl halides is 3. The van der Waals surface area contributed by atoms with Crippen LogP contribution in [0, 0.1) is 29.5 Å². The lowest BCUT2D eigenvalue weighted by Crippen LogP contribution is -2.48. The maximum Gasteiger partial charge on any atom is 0.501 e. The number of nitrogens with one attached hydrogen (secondary N) is 2. The molecule has 4 atom stereocenters. The van der Waals surface area contributed by atoms with Crippen LogP contribution in [0.1, 0.15) is 62.2 Å². The molecule has 3 fully saturated rings. The molecule has 2 aromatic carbocycles. The van der Waals surface area contributed by atoms with Crippen LogP contribution in [0.15, 0.2) is 41.3 Å². The molecule has 5 rings (SSSR count). The van der Waals surface area contributed by atoms with E-state index in [0.29, 0.717) is 12.3 Å². The van der Waals surface area contributed by atoms with Crippen LogP contribution in [0.3, 0.4) is 0 Å². The van der Waals surface area contributed by atoms with Crippen molar-refractivity contribution in [2.75, 3.05) is 12.4 Å². The van der Waals surface area contributed by atoms with Gasteiger partial charge >= 0.3 is 5.51 Å². The van der Waals surface area contributed by atoms with Crippen LogP contribution in [0.25, 0.3) is 0 Å². The van der Waals surface area contributed by atoms with E-state index in [4.69, 9.17) is 9.47 Å². The van der Waals surface area contributed by atoms with Gasteiger partial charge in [-0.15, -0.1) is 0 Å². The number of rotatable bonds is 8. The van der Waals surface area contributed by atoms with Crippen molar-refractivity contribution >= 4 is 27.3 Å². The van der Waals surface area contributed by atoms with Gasteiger partial charge in [0.25, 0.3) is 15.7 Å². The van der Waals surface area contributed by atoms with Crippen LogP contribution in [0.2, 0.25) is 0 Å². The standard InChI is InChI=1S/C30H34F4N2O6S/c1-16-6-10-20(11-7-16)42-25-14-22(24(41-2)15-23(25)31)28(37)36-27-18-9-8-17(12-18)26(27)29(38)35-19-4-3-5-21(13-19)43(39,40)30(32,33)34/h3-5,13-18,20,26-27H,6-12H2,1-2H3,(H,35,38)(H,36,37)/t16-,17-,18+,20+,26+,27?/m1/s1. The summed E-state index contributed by atoms with van der Waals surface area (Å²) in [6, 6.07) is 5.79. The number of anilines is 1. The van der Waals surface area contributed by atoms with Crippen LogP contribution >= 0.6 is 0 Å². The summed E-state index contributed by atoms with van der Waals surface area (Å²) in [5, 5.41) is 5.47. The number of methoxy groups -OCH3 is 1. The Morgan fingerprint density at radius 1 is 0.953 bits per heavy atom. The summed E-state index contributed by atoms with van der Waals surface area (Å²) in [5.41, 5.74) is -5.55. The Balaban J connectivity index is 1.34. The smallest absolute Gasteiger partial charge is 0.496 e. The molecule has 1 unspecified atom stereocenters. The van der Waals surface area contributed by atoms with Gasteiger partial charge in [0.15, 0.2) is 11.6 Å². The van der Waals surface area contributed by atoms with Gasteiger partial charge in [0.2, 0.25) is 5.91 Å². The van der Waals surface area contributed by atoms with Gasteiger partial charge < -0.3 is 20.1 Å². The Kier molecular flexibility index (Phi) is 8.65. The minimum Gasteiger partial charge on any atom is -0.496 e. The molecule has 0 aromatic heterocycles. The van der Waals surface area contributed by atoms with Crippen molar-refractivity contribution in [1.82, 2.24) is 5.32 Å². The van der Waals surface area contributed by atoms with E-state index in [9.17, 15) is 35.6 Å². The molecule has 2 aromatic rings. The monoisotopic (exact) mass is 626 g/mol. The molecular formula is C30H34F4N2O6S. The number of ether oxygens (including phenoxy) is 2. The van der Waals surface area contributed by atoms with Gasteiger partial charge in [-0.1, -0.05) is 13.0 Å². The van der Waals surface area contributed by atoms with Gasteiger partial charge in [-0.05, 0) is 87.0 Å². The van der Waals surface area contributed by atoms with E-state index in [1.54, 1.807) is 0 Å². The highest BCUT2D eigenvalue weighted by Crippen LogP contribution is 2.49. The Bertz CT molecular complexity index is 1490. The summed E-state index contributed by atoms with van der Waals surface area (Å²) in [4.78, 5) is 26.0. The molecule has 0 heterocycles. The third kappa shape index (κ3) is 6.32. The maximum absolute atomic E-state index is 14.9. The lowest BCUT2D eigenvalue weighted by atomic mass is 9.83. The number of sulfone groups is 1. The van der Waals surface area contributed by atoms with Crippen LogP contribution in [0.5, 0.6) is 11.5 Å². The van der Waals surface area contributed by atoms with E-state index in [1.165, 1.54) is 19.2 Å². The molecular weight excluding hydrogens is 592 g/mol. The molecule has 3 aliphatic carbocycles. The van der Waals surface area contributed by atoms with Crippen LogP contribution in [-0.2, 0) is 14.6 Å². The molecule has 234 valence electrons. The highest BCUT2D eigenvalue weighted by atomic mass is 32.2. The lowest BCUT2D eigenvalue weighted by Gasteiger charge is -2.31. The van der Waals surface area contributed by atoms with Gasteiger partial charge in [0, 0.05) is 17.8 Å². The maximum atomic E-state index is 14.9. The molecule has 3 aliphatic rings. The van der Waals surface area contributed by atoms with Crippen molar-refractivity contribution in [1.29, 1.82) is 0 Å².